The second-order valence-electron chi connectivity index (χ2n) is 4.91. The third-order valence-electron chi connectivity index (χ3n) is 3.41. The summed E-state index contributed by atoms with van der Waals surface area (Å²) < 4.78 is 10.3. The van der Waals surface area contributed by atoms with E-state index in [-0.39, 0.29) is 5.91 Å². The van der Waals surface area contributed by atoms with Crippen LogP contribution in [0.25, 0.3) is 10.8 Å². The first-order chi connectivity index (χ1) is 11.1. The summed E-state index contributed by atoms with van der Waals surface area (Å²) >= 11 is 0. The Morgan fingerprint density at radius 1 is 1.30 bits per heavy atom. The fourth-order valence-corrected chi connectivity index (χ4v) is 2.26. The van der Waals surface area contributed by atoms with E-state index in [0.29, 0.717) is 17.2 Å². The number of fused-ring (bicyclic) bond motifs is 1. The van der Waals surface area contributed by atoms with Crippen molar-refractivity contribution in [2.24, 2.45) is 5.73 Å². The summed E-state index contributed by atoms with van der Waals surface area (Å²) in [5.41, 5.74) is 5.63. The molecule has 0 radical (unpaired) electrons. The Morgan fingerprint density at radius 3 is 2.57 bits per heavy atom. The Labute approximate surface area is 133 Å². The third-order valence-corrected chi connectivity index (χ3v) is 3.41. The van der Waals surface area contributed by atoms with Gasteiger partial charge in [-0.3, -0.25) is 9.59 Å². The molecule has 1 fully saturated rings. The van der Waals surface area contributed by atoms with Crippen molar-refractivity contribution in [2.75, 3.05) is 20.8 Å². The molecule has 3 N–H and O–H groups in total. The van der Waals surface area contributed by atoms with E-state index >= 15 is 0 Å². The number of primary amides is 1. The summed E-state index contributed by atoms with van der Waals surface area (Å²) in [7, 11) is 3.02. The highest BCUT2D eigenvalue weighted by atomic mass is 16.5. The number of carbonyl (C=O) groups is 2. The summed E-state index contributed by atoms with van der Waals surface area (Å²) in [6.45, 7) is 0.888. The predicted octanol–water partition coefficient (Wildman–Crippen LogP) is 1.25. The molecule has 1 saturated heterocycles. The molecule has 2 aromatic rings. The summed E-state index contributed by atoms with van der Waals surface area (Å²) in [6, 6.07) is 5.14. The number of ether oxygens (including phenoxy) is 2. The molecular formula is C16H19N3O4. The topological polar surface area (TPSA) is 104 Å². The molecule has 0 saturated carbocycles. The molecule has 3 rings (SSSR count). The largest absolute Gasteiger partial charge is 0.496 e. The van der Waals surface area contributed by atoms with Crippen LogP contribution in [0.15, 0.2) is 24.4 Å². The first-order valence-corrected chi connectivity index (χ1v) is 7.14. The van der Waals surface area contributed by atoms with Crippen LogP contribution in [0.4, 0.5) is 0 Å². The maximum absolute atomic E-state index is 11.3. The molecule has 7 heteroatoms. The minimum Gasteiger partial charge on any atom is -0.496 e. The van der Waals surface area contributed by atoms with Gasteiger partial charge in [-0.15, -0.1) is 0 Å². The number of pyridine rings is 1. The standard InChI is InChI=1S/C12H12N2O3.C4H7NO/c1-16-10-6-8-7(5-9(10)11(13)15)3-4-14-12(8)17-2;6-4-2-1-3-5-4/h3-6H,1-2H3,(H2,13,15);1-3H2,(H,5,6). The number of carbonyl (C=O) groups excluding carboxylic acids is 2. The van der Waals surface area contributed by atoms with E-state index in [1.165, 1.54) is 14.2 Å². The van der Waals surface area contributed by atoms with Crippen LogP contribution in [0.2, 0.25) is 0 Å². The molecule has 2 amide bonds. The van der Waals surface area contributed by atoms with Gasteiger partial charge in [0.25, 0.3) is 5.91 Å². The van der Waals surface area contributed by atoms with Gasteiger partial charge in [0.05, 0.1) is 19.8 Å². The highest BCUT2D eigenvalue weighted by Gasteiger charge is 2.13. The molecule has 0 atom stereocenters. The van der Waals surface area contributed by atoms with E-state index in [2.05, 4.69) is 10.3 Å². The average Bonchev–Trinajstić information content (AvgIpc) is 3.04. The lowest BCUT2D eigenvalue weighted by Crippen LogP contribution is -2.12. The second kappa shape index (κ2) is 7.44. The molecule has 1 aliphatic heterocycles. The van der Waals surface area contributed by atoms with Crippen LogP contribution in [0.5, 0.6) is 11.6 Å². The van der Waals surface area contributed by atoms with Crippen molar-refractivity contribution in [3.63, 3.8) is 0 Å². The molecular weight excluding hydrogens is 298 g/mol. The molecule has 23 heavy (non-hydrogen) atoms. The lowest BCUT2D eigenvalue weighted by atomic mass is 10.1. The zero-order chi connectivity index (χ0) is 16.8. The van der Waals surface area contributed by atoms with Crippen molar-refractivity contribution in [2.45, 2.75) is 12.8 Å². The molecule has 0 aliphatic carbocycles. The summed E-state index contributed by atoms with van der Waals surface area (Å²) in [5, 5.41) is 4.28. The number of hydrogen-bond acceptors (Lipinski definition) is 5. The Kier molecular flexibility index (Phi) is 5.35. The maximum atomic E-state index is 11.3. The predicted molar refractivity (Wildman–Crippen MR) is 85.6 cm³/mol. The minimum absolute atomic E-state index is 0.204. The first-order valence-electron chi connectivity index (χ1n) is 7.14. The number of hydrogen-bond donors (Lipinski definition) is 2. The van der Waals surface area contributed by atoms with Gasteiger partial charge in [-0.2, -0.15) is 0 Å². The van der Waals surface area contributed by atoms with Crippen LogP contribution in [0.1, 0.15) is 23.2 Å². The van der Waals surface area contributed by atoms with E-state index in [4.69, 9.17) is 15.2 Å². The SMILES string of the molecule is COc1cc2c(OC)nccc2cc1C(N)=O.O=C1CCCN1. The number of aromatic nitrogens is 1. The Hall–Kier alpha value is -2.83. The quantitative estimate of drug-likeness (QED) is 0.886. The fraction of sp³-hybridized carbons (Fsp3) is 0.312. The van der Waals surface area contributed by atoms with Gasteiger partial charge in [-0.1, -0.05) is 0 Å². The molecule has 0 unspecified atom stereocenters. The van der Waals surface area contributed by atoms with Gasteiger partial charge in [0.2, 0.25) is 11.8 Å². The number of methoxy groups -OCH3 is 2. The molecule has 0 spiro atoms. The van der Waals surface area contributed by atoms with Crippen LogP contribution in [0.3, 0.4) is 0 Å². The fourth-order valence-electron chi connectivity index (χ4n) is 2.26. The zero-order valence-corrected chi connectivity index (χ0v) is 13.1. The molecule has 7 nitrogen and oxygen atoms in total. The number of nitrogens with zero attached hydrogens (tertiary/aromatic N) is 1. The zero-order valence-electron chi connectivity index (χ0n) is 13.1. The molecule has 122 valence electrons. The highest BCUT2D eigenvalue weighted by Crippen LogP contribution is 2.30. The number of rotatable bonds is 3. The van der Waals surface area contributed by atoms with Crippen molar-refractivity contribution in [3.8, 4) is 11.6 Å². The minimum atomic E-state index is -0.528. The van der Waals surface area contributed by atoms with Gasteiger partial charge in [0.1, 0.15) is 5.75 Å². The monoisotopic (exact) mass is 317 g/mol. The van der Waals surface area contributed by atoms with E-state index < -0.39 is 5.91 Å². The summed E-state index contributed by atoms with van der Waals surface area (Å²) in [6.07, 6.45) is 3.37. The van der Waals surface area contributed by atoms with Crippen LogP contribution in [-0.4, -0.2) is 37.6 Å². The molecule has 1 aliphatic rings. The van der Waals surface area contributed by atoms with Crippen LogP contribution in [-0.2, 0) is 4.79 Å². The number of nitrogens with two attached hydrogens (primary N) is 1. The van der Waals surface area contributed by atoms with E-state index in [1.807, 2.05) is 0 Å². The van der Waals surface area contributed by atoms with Crippen molar-refractivity contribution in [1.82, 2.24) is 10.3 Å². The number of nitrogens with one attached hydrogen (secondary N) is 1. The average molecular weight is 317 g/mol. The normalized spacial score (nSPS) is 13.0. The number of amides is 2. The van der Waals surface area contributed by atoms with Crippen LogP contribution in [0, 0.1) is 0 Å². The Balaban J connectivity index is 0.000000268. The highest BCUT2D eigenvalue weighted by molar-refractivity contribution is 6.01. The first kappa shape index (κ1) is 16.5. The lowest BCUT2D eigenvalue weighted by molar-refractivity contribution is -0.119. The second-order valence-corrected chi connectivity index (χ2v) is 4.91. The molecule has 2 heterocycles. The van der Waals surface area contributed by atoms with Crippen LogP contribution >= 0.6 is 0 Å². The maximum Gasteiger partial charge on any atom is 0.252 e. The van der Waals surface area contributed by atoms with Gasteiger partial charge < -0.3 is 20.5 Å². The van der Waals surface area contributed by atoms with Crippen molar-refractivity contribution >= 4 is 22.6 Å². The molecule has 0 bridgehead atoms. The Bertz CT molecular complexity index is 723. The molecule has 1 aromatic heterocycles. The van der Waals surface area contributed by atoms with Gasteiger partial charge >= 0.3 is 0 Å². The van der Waals surface area contributed by atoms with Gasteiger partial charge in [0.15, 0.2) is 0 Å². The van der Waals surface area contributed by atoms with Crippen molar-refractivity contribution in [1.29, 1.82) is 0 Å². The smallest absolute Gasteiger partial charge is 0.252 e. The van der Waals surface area contributed by atoms with E-state index in [0.717, 1.165) is 30.2 Å². The van der Waals surface area contributed by atoms with Crippen LogP contribution < -0.4 is 20.5 Å². The van der Waals surface area contributed by atoms with Gasteiger partial charge in [-0.05, 0) is 30.0 Å². The van der Waals surface area contributed by atoms with Gasteiger partial charge in [-0.25, -0.2) is 4.98 Å². The third kappa shape index (κ3) is 3.88. The Morgan fingerprint density at radius 2 is 2.09 bits per heavy atom. The van der Waals surface area contributed by atoms with Crippen molar-refractivity contribution in [3.05, 3.63) is 30.0 Å². The lowest BCUT2D eigenvalue weighted by Gasteiger charge is -2.09. The number of benzene rings is 1. The van der Waals surface area contributed by atoms with E-state index in [1.54, 1.807) is 24.4 Å². The van der Waals surface area contributed by atoms with Gasteiger partial charge in [0, 0.05) is 24.5 Å². The summed E-state index contributed by atoms with van der Waals surface area (Å²) in [5.74, 6) is 0.572. The molecule has 1 aromatic carbocycles. The van der Waals surface area contributed by atoms with Crippen molar-refractivity contribution < 1.29 is 19.1 Å². The summed E-state index contributed by atoms with van der Waals surface area (Å²) in [4.78, 5) is 25.5. The van der Waals surface area contributed by atoms with E-state index in [9.17, 15) is 9.59 Å².